The lowest BCUT2D eigenvalue weighted by molar-refractivity contribution is -0.143. The summed E-state index contributed by atoms with van der Waals surface area (Å²) in [5.41, 5.74) is 1.34. The van der Waals surface area contributed by atoms with Gasteiger partial charge in [0, 0.05) is 30.1 Å². The number of nitrogens with one attached hydrogen (secondary N) is 1. The Hall–Kier alpha value is -3.56. The number of anilines is 2. The number of carbonyl (C=O) groups excluding carboxylic acids is 1. The van der Waals surface area contributed by atoms with Crippen LogP contribution >= 0.6 is 0 Å². The fourth-order valence-electron chi connectivity index (χ4n) is 2.59. The molecule has 1 N–H and O–H groups in total. The second-order valence-corrected chi connectivity index (χ2v) is 6.17. The van der Waals surface area contributed by atoms with Crippen LogP contribution in [0.1, 0.15) is 24.7 Å². The summed E-state index contributed by atoms with van der Waals surface area (Å²) in [6.45, 7) is 2.06. The van der Waals surface area contributed by atoms with Crippen molar-refractivity contribution in [3.63, 3.8) is 0 Å². The summed E-state index contributed by atoms with van der Waals surface area (Å²) in [6, 6.07) is 7.68. The minimum atomic E-state index is -4.55. The number of hydrogen-bond donors (Lipinski definition) is 1. The van der Waals surface area contributed by atoms with E-state index in [1.54, 1.807) is 43.6 Å². The van der Waals surface area contributed by atoms with E-state index in [-0.39, 0.29) is 18.3 Å². The Morgan fingerprint density at radius 1 is 1.17 bits per heavy atom. The minimum absolute atomic E-state index is 0.170. The summed E-state index contributed by atoms with van der Waals surface area (Å²) in [7, 11) is 0. The smallest absolute Gasteiger partial charge is 0.433 e. The third-order valence-electron chi connectivity index (χ3n) is 3.94. The van der Waals surface area contributed by atoms with E-state index in [4.69, 9.17) is 4.74 Å². The van der Waals surface area contributed by atoms with Crippen molar-refractivity contribution < 1.29 is 22.7 Å². The van der Waals surface area contributed by atoms with Crippen LogP contribution in [-0.4, -0.2) is 32.5 Å². The Balaban J connectivity index is 1.76. The average Bonchev–Trinajstić information content (AvgIpc) is 2.72. The first-order valence-corrected chi connectivity index (χ1v) is 9.09. The number of alkyl halides is 3. The lowest BCUT2D eigenvalue weighted by Gasteiger charge is -2.10. The summed E-state index contributed by atoms with van der Waals surface area (Å²) in [5, 5.41) is 2.76. The van der Waals surface area contributed by atoms with E-state index < -0.39 is 11.9 Å². The Kier molecular flexibility index (Phi) is 6.55. The monoisotopic (exact) mass is 417 g/mol. The Morgan fingerprint density at radius 2 is 2.00 bits per heavy atom. The van der Waals surface area contributed by atoms with Crippen LogP contribution in [-0.2, 0) is 22.1 Å². The van der Waals surface area contributed by atoms with Crippen LogP contribution in [0.5, 0.6) is 0 Å². The number of carbonyl (C=O) groups is 1. The highest BCUT2D eigenvalue weighted by Crippen LogP contribution is 2.28. The molecule has 0 aliphatic heterocycles. The van der Waals surface area contributed by atoms with E-state index >= 15 is 0 Å². The molecule has 2 heterocycles. The van der Waals surface area contributed by atoms with Crippen molar-refractivity contribution in [2.75, 3.05) is 11.9 Å². The van der Waals surface area contributed by atoms with Gasteiger partial charge in [-0.25, -0.2) is 15.0 Å². The van der Waals surface area contributed by atoms with Gasteiger partial charge in [-0.1, -0.05) is 12.1 Å². The van der Waals surface area contributed by atoms with Gasteiger partial charge in [-0.05, 0) is 25.1 Å². The Bertz CT molecular complexity index is 1030. The van der Waals surface area contributed by atoms with Crippen LogP contribution in [0.3, 0.4) is 0 Å². The molecular weight excluding hydrogens is 399 g/mol. The molecule has 0 aliphatic rings. The third kappa shape index (κ3) is 5.72. The Morgan fingerprint density at radius 3 is 2.77 bits per heavy atom. The van der Waals surface area contributed by atoms with Gasteiger partial charge in [0.2, 0.25) is 5.95 Å². The maximum atomic E-state index is 12.8. The van der Waals surface area contributed by atoms with Crippen molar-refractivity contribution in [3.8, 4) is 11.3 Å². The van der Waals surface area contributed by atoms with Crippen LogP contribution < -0.4 is 5.32 Å². The molecule has 7 nitrogen and oxygen atoms in total. The fourth-order valence-corrected chi connectivity index (χ4v) is 2.59. The second-order valence-electron chi connectivity index (χ2n) is 6.17. The molecular formula is C20H18F3N5O2. The molecule has 2 aromatic heterocycles. The minimum Gasteiger partial charge on any atom is -0.466 e. The molecule has 1 aromatic carbocycles. The zero-order chi connectivity index (χ0) is 21.6. The molecule has 0 saturated heterocycles. The molecule has 30 heavy (non-hydrogen) atoms. The van der Waals surface area contributed by atoms with E-state index in [1.165, 1.54) is 0 Å². The number of ether oxygens (including phenoxy) is 1. The van der Waals surface area contributed by atoms with Crippen LogP contribution in [0.25, 0.3) is 11.3 Å². The largest absolute Gasteiger partial charge is 0.466 e. The average molecular weight is 417 g/mol. The lowest BCUT2D eigenvalue weighted by atomic mass is 10.1. The molecule has 0 unspecified atom stereocenters. The Labute approximate surface area is 170 Å². The first-order chi connectivity index (χ1) is 14.3. The first kappa shape index (κ1) is 21.2. The molecule has 0 spiro atoms. The van der Waals surface area contributed by atoms with Gasteiger partial charge in [-0.3, -0.25) is 9.78 Å². The van der Waals surface area contributed by atoms with Crippen molar-refractivity contribution in [2.45, 2.75) is 25.9 Å². The number of nitrogens with zero attached hydrogens (tertiary/aromatic N) is 4. The maximum absolute atomic E-state index is 12.8. The van der Waals surface area contributed by atoms with Crippen LogP contribution in [0.4, 0.5) is 24.8 Å². The number of aromatic nitrogens is 4. The summed E-state index contributed by atoms with van der Waals surface area (Å²) in [6.07, 6.45) is 0.201. The number of benzene rings is 1. The highest BCUT2D eigenvalue weighted by Gasteiger charge is 2.32. The SMILES string of the molecule is CCOC(=O)CCc1cncc(-c2cccc(Nc3nccc(C(F)(F)F)n3)c2)n1. The maximum Gasteiger partial charge on any atom is 0.433 e. The summed E-state index contributed by atoms with van der Waals surface area (Å²) in [4.78, 5) is 27.5. The second kappa shape index (κ2) is 9.29. The molecule has 3 rings (SSSR count). The molecule has 156 valence electrons. The van der Waals surface area contributed by atoms with Crippen molar-refractivity contribution in [1.29, 1.82) is 0 Å². The van der Waals surface area contributed by atoms with Gasteiger partial charge >= 0.3 is 12.1 Å². The summed E-state index contributed by atoms with van der Waals surface area (Å²) < 4.78 is 43.4. The molecule has 0 radical (unpaired) electrons. The molecule has 10 heteroatoms. The number of aryl methyl sites for hydroxylation is 1. The van der Waals surface area contributed by atoms with Crippen LogP contribution in [0, 0.1) is 0 Å². The van der Waals surface area contributed by atoms with E-state index in [0.717, 1.165) is 12.3 Å². The molecule has 0 aliphatic carbocycles. The standard InChI is InChI=1S/C20H18F3N5O2/c1-2-30-18(29)7-6-15-11-24-12-16(26-15)13-4-3-5-14(10-13)27-19-25-9-8-17(28-19)20(21,22)23/h3-5,8-12H,2,6-7H2,1H3,(H,25,27,28). The fraction of sp³-hybridized carbons (Fsp3) is 0.250. The number of esters is 1. The van der Waals surface area contributed by atoms with E-state index in [9.17, 15) is 18.0 Å². The number of rotatable bonds is 7. The predicted molar refractivity (Wildman–Crippen MR) is 103 cm³/mol. The number of hydrogen-bond acceptors (Lipinski definition) is 7. The van der Waals surface area contributed by atoms with Gasteiger partial charge in [-0.15, -0.1) is 0 Å². The molecule has 0 atom stereocenters. The van der Waals surface area contributed by atoms with Gasteiger partial charge in [0.25, 0.3) is 0 Å². The zero-order valence-corrected chi connectivity index (χ0v) is 16.0. The van der Waals surface area contributed by atoms with Gasteiger partial charge in [0.05, 0.1) is 30.6 Å². The quantitative estimate of drug-likeness (QED) is 0.577. The first-order valence-electron chi connectivity index (χ1n) is 9.09. The summed E-state index contributed by atoms with van der Waals surface area (Å²) >= 11 is 0. The van der Waals surface area contributed by atoms with E-state index in [2.05, 4.69) is 25.3 Å². The normalized spacial score (nSPS) is 11.2. The van der Waals surface area contributed by atoms with Crippen LogP contribution in [0.15, 0.2) is 48.9 Å². The van der Waals surface area contributed by atoms with Crippen molar-refractivity contribution in [1.82, 2.24) is 19.9 Å². The topological polar surface area (TPSA) is 89.9 Å². The van der Waals surface area contributed by atoms with Crippen molar-refractivity contribution in [3.05, 3.63) is 60.3 Å². The molecule has 3 aromatic rings. The van der Waals surface area contributed by atoms with E-state index in [1.807, 2.05) is 0 Å². The van der Waals surface area contributed by atoms with Gasteiger partial charge < -0.3 is 10.1 Å². The van der Waals surface area contributed by atoms with Gasteiger partial charge in [-0.2, -0.15) is 13.2 Å². The third-order valence-corrected chi connectivity index (χ3v) is 3.94. The molecule has 0 fully saturated rings. The predicted octanol–water partition coefficient (Wildman–Crippen LogP) is 4.19. The van der Waals surface area contributed by atoms with E-state index in [0.29, 0.717) is 35.7 Å². The summed E-state index contributed by atoms with van der Waals surface area (Å²) in [5.74, 6) is -0.478. The lowest BCUT2D eigenvalue weighted by Crippen LogP contribution is -2.10. The van der Waals surface area contributed by atoms with Crippen molar-refractivity contribution >= 4 is 17.6 Å². The number of halogens is 3. The van der Waals surface area contributed by atoms with Gasteiger partial charge in [0.15, 0.2) is 0 Å². The highest BCUT2D eigenvalue weighted by atomic mass is 19.4. The van der Waals surface area contributed by atoms with Gasteiger partial charge in [0.1, 0.15) is 5.69 Å². The van der Waals surface area contributed by atoms with Crippen LogP contribution in [0.2, 0.25) is 0 Å². The molecule has 0 bridgehead atoms. The zero-order valence-electron chi connectivity index (χ0n) is 16.0. The molecule has 0 amide bonds. The highest BCUT2D eigenvalue weighted by molar-refractivity contribution is 5.70. The van der Waals surface area contributed by atoms with Crippen molar-refractivity contribution in [2.24, 2.45) is 0 Å². The molecule has 0 saturated carbocycles.